The van der Waals surface area contributed by atoms with Gasteiger partial charge in [0.25, 0.3) is 0 Å². The minimum Gasteiger partial charge on any atom is -0.396 e. The van der Waals surface area contributed by atoms with Gasteiger partial charge in [-0.15, -0.1) is 0 Å². The average molecular weight is 509 g/mol. The maximum absolute atomic E-state index is 9.61. The van der Waals surface area contributed by atoms with Crippen molar-refractivity contribution in [3.8, 4) is 0 Å². The lowest BCUT2D eigenvalue weighted by Crippen LogP contribution is -2.25. The Morgan fingerprint density at radius 1 is 0.417 bits per heavy atom. The zero-order valence-electron chi connectivity index (χ0n) is 26.0. The molecule has 0 aromatic rings. The Bertz CT molecular complexity index is 401. The number of hydrogen-bond donors (Lipinski definition) is 1. The van der Waals surface area contributed by atoms with Crippen molar-refractivity contribution in [3.63, 3.8) is 0 Å². The van der Waals surface area contributed by atoms with Crippen molar-refractivity contribution in [1.29, 1.82) is 0 Å². The van der Waals surface area contributed by atoms with Gasteiger partial charge in [-0.25, -0.2) is 0 Å². The molecular formula is C35H72O. The Hall–Kier alpha value is -0.0400. The lowest BCUT2D eigenvalue weighted by Gasteiger charge is -2.34. The van der Waals surface area contributed by atoms with Gasteiger partial charge >= 0.3 is 0 Å². The van der Waals surface area contributed by atoms with E-state index in [0.29, 0.717) is 12.0 Å². The molecule has 0 bridgehead atoms. The maximum atomic E-state index is 9.61. The van der Waals surface area contributed by atoms with E-state index in [1.165, 1.54) is 173 Å². The molecule has 0 fully saturated rings. The van der Waals surface area contributed by atoms with Gasteiger partial charge in [-0.05, 0) is 30.6 Å². The van der Waals surface area contributed by atoms with Crippen LogP contribution in [0.5, 0.6) is 0 Å². The van der Waals surface area contributed by atoms with Gasteiger partial charge in [-0.1, -0.05) is 188 Å². The third-order valence-electron chi connectivity index (χ3n) is 8.92. The molecule has 0 aromatic carbocycles. The standard InChI is InChI=1S/C35H72O/c1-5-7-9-11-13-15-17-19-21-23-25-27-29-31-34(35(3,4)32-33-36)30-28-26-24-22-20-18-16-14-12-10-8-6-2/h34,36H,5-33H2,1-4H3. The van der Waals surface area contributed by atoms with E-state index in [4.69, 9.17) is 0 Å². The van der Waals surface area contributed by atoms with Crippen LogP contribution in [0.15, 0.2) is 0 Å². The molecule has 1 nitrogen and oxygen atoms in total. The highest BCUT2D eigenvalue weighted by molar-refractivity contribution is 4.78. The Morgan fingerprint density at radius 3 is 0.917 bits per heavy atom. The summed E-state index contributed by atoms with van der Waals surface area (Å²) in [6.07, 6.45) is 39.6. The van der Waals surface area contributed by atoms with Crippen LogP contribution >= 0.6 is 0 Å². The number of hydrogen-bond acceptors (Lipinski definition) is 1. The normalized spacial score (nSPS) is 12.9. The van der Waals surface area contributed by atoms with Crippen LogP contribution in [0.2, 0.25) is 0 Å². The highest BCUT2D eigenvalue weighted by Gasteiger charge is 2.27. The van der Waals surface area contributed by atoms with Gasteiger partial charge in [0.05, 0.1) is 0 Å². The van der Waals surface area contributed by atoms with E-state index in [-0.39, 0.29) is 0 Å². The highest BCUT2D eigenvalue weighted by Crippen LogP contribution is 2.38. The second-order valence-corrected chi connectivity index (χ2v) is 12.9. The Balaban J connectivity index is 3.79. The predicted molar refractivity (Wildman–Crippen MR) is 165 cm³/mol. The summed E-state index contributed by atoms with van der Waals surface area (Å²) in [5.74, 6) is 0.792. The van der Waals surface area contributed by atoms with E-state index in [2.05, 4.69) is 27.7 Å². The fraction of sp³-hybridized carbons (Fsp3) is 1.00. The molecule has 0 spiro atoms. The molecule has 0 heterocycles. The summed E-state index contributed by atoms with van der Waals surface area (Å²) in [6, 6.07) is 0. The lowest BCUT2D eigenvalue weighted by molar-refractivity contribution is 0.125. The Morgan fingerprint density at radius 2 is 0.667 bits per heavy atom. The van der Waals surface area contributed by atoms with Gasteiger partial charge in [0, 0.05) is 6.61 Å². The summed E-state index contributed by atoms with van der Waals surface area (Å²) in [5, 5.41) is 9.61. The molecule has 1 unspecified atom stereocenters. The molecule has 36 heavy (non-hydrogen) atoms. The molecule has 0 aromatic heterocycles. The van der Waals surface area contributed by atoms with Gasteiger partial charge in [0.2, 0.25) is 0 Å². The summed E-state index contributed by atoms with van der Waals surface area (Å²) in [4.78, 5) is 0. The van der Waals surface area contributed by atoms with E-state index in [1.54, 1.807) is 0 Å². The van der Waals surface area contributed by atoms with Crippen molar-refractivity contribution in [2.24, 2.45) is 11.3 Å². The Kier molecular flexibility index (Phi) is 27.9. The summed E-state index contributed by atoms with van der Waals surface area (Å²) < 4.78 is 0. The molecule has 0 aliphatic rings. The summed E-state index contributed by atoms with van der Waals surface area (Å²) in [5.41, 5.74) is 0.295. The fourth-order valence-corrected chi connectivity index (χ4v) is 6.06. The van der Waals surface area contributed by atoms with Gasteiger partial charge in [-0.3, -0.25) is 0 Å². The molecule has 0 amide bonds. The second kappa shape index (κ2) is 28.0. The lowest BCUT2D eigenvalue weighted by atomic mass is 9.71. The third-order valence-corrected chi connectivity index (χ3v) is 8.92. The van der Waals surface area contributed by atoms with E-state index < -0.39 is 0 Å². The highest BCUT2D eigenvalue weighted by atomic mass is 16.3. The molecule has 218 valence electrons. The summed E-state index contributed by atoms with van der Waals surface area (Å²) in [6.45, 7) is 9.78. The van der Waals surface area contributed by atoms with Crippen LogP contribution in [-0.2, 0) is 0 Å². The van der Waals surface area contributed by atoms with E-state index in [0.717, 1.165) is 12.3 Å². The van der Waals surface area contributed by atoms with Crippen LogP contribution in [0.3, 0.4) is 0 Å². The first-order chi connectivity index (χ1) is 17.6. The average Bonchev–Trinajstić information content (AvgIpc) is 2.86. The molecule has 0 aliphatic carbocycles. The van der Waals surface area contributed by atoms with E-state index in [9.17, 15) is 5.11 Å². The first-order valence-electron chi connectivity index (χ1n) is 17.2. The van der Waals surface area contributed by atoms with Gasteiger partial charge in [0.1, 0.15) is 0 Å². The monoisotopic (exact) mass is 509 g/mol. The number of aliphatic hydroxyl groups excluding tert-OH is 1. The molecule has 1 N–H and O–H groups in total. The van der Waals surface area contributed by atoms with Crippen LogP contribution in [0, 0.1) is 11.3 Å². The van der Waals surface area contributed by atoms with Crippen LogP contribution in [0.4, 0.5) is 0 Å². The van der Waals surface area contributed by atoms with Crippen molar-refractivity contribution in [2.45, 2.75) is 207 Å². The van der Waals surface area contributed by atoms with Gasteiger partial charge < -0.3 is 5.11 Å². The maximum Gasteiger partial charge on any atom is 0.0436 e. The number of unbranched alkanes of at least 4 members (excludes halogenated alkanes) is 23. The third kappa shape index (κ3) is 24.3. The Labute approximate surface area is 230 Å². The molecule has 0 saturated heterocycles. The first-order valence-corrected chi connectivity index (χ1v) is 17.2. The minimum absolute atomic E-state index is 0.295. The quantitative estimate of drug-likeness (QED) is 0.0956. The summed E-state index contributed by atoms with van der Waals surface area (Å²) in [7, 11) is 0. The second-order valence-electron chi connectivity index (χ2n) is 12.9. The SMILES string of the molecule is CCCCCCCCCCCCCCCC(CCCCCCCCCCCCCC)C(C)(C)CCO. The molecular weight excluding hydrogens is 436 g/mol. The first kappa shape index (κ1) is 36.0. The molecule has 0 rings (SSSR count). The van der Waals surface area contributed by atoms with Crippen molar-refractivity contribution >= 4 is 0 Å². The topological polar surface area (TPSA) is 20.2 Å². The van der Waals surface area contributed by atoms with Crippen molar-refractivity contribution in [3.05, 3.63) is 0 Å². The van der Waals surface area contributed by atoms with Crippen LogP contribution in [0.25, 0.3) is 0 Å². The molecule has 1 heteroatoms. The van der Waals surface area contributed by atoms with Crippen molar-refractivity contribution < 1.29 is 5.11 Å². The largest absolute Gasteiger partial charge is 0.396 e. The van der Waals surface area contributed by atoms with Crippen LogP contribution in [0.1, 0.15) is 207 Å². The van der Waals surface area contributed by atoms with Crippen LogP contribution in [-0.4, -0.2) is 11.7 Å². The minimum atomic E-state index is 0.295. The number of aliphatic hydroxyl groups is 1. The molecule has 0 saturated carbocycles. The van der Waals surface area contributed by atoms with Crippen LogP contribution < -0.4 is 0 Å². The fourth-order valence-electron chi connectivity index (χ4n) is 6.06. The zero-order valence-corrected chi connectivity index (χ0v) is 26.0. The van der Waals surface area contributed by atoms with Crippen molar-refractivity contribution in [2.75, 3.05) is 6.61 Å². The summed E-state index contributed by atoms with van der Waals surface area (Å²) >= 11 is 0. The predicted octanol–water partition coefficient (Wildman–Crippen LogP) is 12.6. The smallest absolute Gasteiger partial charge is 0.0436 e. The number of rotatable bonds is 30. The molecule has 0 radical (unpaired) electrons. The zero-order chi connectivity index (χ0) is 26.6. The van der Waals surface area contributed by atoms with Crippen molar-refractivity contribution in [1.82, 2.24) is 0 Å². The molecule has 1 atom stereocenters. The van der Waals surface area contributed by atoms with E-state index >= 15 is 0 Å². The van der Waals surface area contributed by atoms with Gasteiger partial charge in [-0.2, -0.15) is 0 Å². The molecule has 0 aliphatic heterocycles. The van der Waals surface area contributed by atoms with Gasteiger partial charge in [0.15, 0.2) is 0 Å². The van der Waals surface area contributed by atoms with E-state index in [1.807, 2.05) is 0 Å².